The van der Waals surface area contributed by atoms with Gasteiger partial charge in [0.25, 0.3) is 5.91 Å². The first kappa shape index (κ1) is 23.9. The van der Waals surface area contributed by atoms with Crippen molar-refractivity contribution in [1.82, 2.24) is 35.2 Å². The molecule has 0 bridgehead atoms. The number of para-hydroxylation sites is 1. The highest BCUT2D eigenvalue weighted by Crippen LogP contribution is 2.29. The number of hydrogen-bond acceptors (Lipinski definition) is 10. The van der Waals surface area contributed by atoms with Crippen molar-refractivity contribution in [3.63, 3.8) is 0 Å². The quantitative estimate of drug-likeness (QED) is 0.249. The Bertz CT molecular complexity index is 1570. The monoisotopic (exact) mass is 499 g/mol. The molecule has 4 aromatic heterocycles. The molecule has 12 nitrogen and oxygen atoms in total. The molecule has 0 saturated heterocycles. The number of aliphatic hydroxyl groups excluding tert-OH is 1. The van der Waals surface area contributed by atoms with E-state index >= 15 is 0 Å². The van der Waals surface area contributed by atoms with Gasteiger partial charge in [0.05, 0.1) is 35.6 Å². The normalized spacial score (nSPS) is 11.1. The van der Waals surface area contributed by atoms with Crippen LogP contribution in [-0.4, -0.2) is 54.1 Å². The molecule has 12 heteroatoms. The van der Waals surface area contributed by atoms with E-state index in [9.17, 15) is 4.79 Å². The van der Waals surface area contributed by atoms with Crippen LogP contribution >= 0.6 is 0 Å². The summed E-state index contributed by atoms with van der Waals surface area (Å²) in [6, 6.07) is 11.0. The molecule has 37 heavy (non-hydrogen) atoms. The van der Waals surface area contributed by atoms with Crippen LogP contribution in [0.3, 0.4) is 0 Å². The minimum atomic E-state index is -0.379. The Kier molecular flexibility index (Phi) is 6.47. The minimum absolute atomic E-state index is 0.126. The second-order valence-corrected chi connectivity index (χ2v) is 8.35. The van der Waals surface area contributed by atoms with Crippen molar-refractivity contribution in [3.05, 3.63) is 71.4 Å². The lowest BCUT2D eigenvalue weighted by atomic mass is 10.2. The van der Waals surface area contributed by atoms with Crippen molar-refractivity contribution >= 4 is 34.1 Å². The van der Waals surface area contributed by atoms with E-state index in [1.807, 2.05) is 42.8 Å². The van der Waals surface area contributed by atoms with Gasteiger partial charge in [-0.2, -0.15) is 5.10 Å². The van der Waals surface area contributed by atoms with E-state index in [1.165, 1.54) is 6.20 Å². The average molecular weight is 500 g/mol. The van der Waals surface area contributed by atoms with E-state index in [-0.39, 0.29) is 24.9 Å². The molecule has 5 rings (SSSR count). The number of anilines is 3. The highest BCUT2D eigenvalue weighted by atomic mass is 16.5. The lowest BCUT2D eigenvalue weighted by Crippen LogP contribution is -2.27. The molecule has 0 aliphatic rings. The van der Waals surface area contributed by atoms with Crippen molar-refractivity contribution in [3.8, 4) is 11.5 Å². The third-order valence-electron chi connectivity index (χ3n) is 5.83. The number of amides is 1. The highest BCUT2D eigenvalue weighted by molar-refractivity contribution is 6.00. The fourth-order valence-electron chi connectivity index (χ4n) is 4.01. The predicted molar refractivity (Wildman–Crippen MR) is 137 cm³/mol. The van der Waals surface area contributed by atoms with Crippen LogP contribution in [0.4, 0.5) is 17.3 Å². The van der Waals surface area contributed by atoms with Crippen LogP contribution in [0.1, 0.15) is 27.4 Å². The van der Waals surface area contributed by atoms with Crippen LogP contribution in [0.25, 0.3) is 22.4 Å². The fourth-order valence-corrected chi connectivity index (χ4v) is 4.01. The Balaban J connectivity index is 1.53. The van der Waals surface area contributed by atoms with Gasteiger partial charge in [-0.15, -0.1) is 0 Å². The van der Waals surface area contributed by atoms with Gasteiger partial charge in [-0.05, 0) is 26.0 Å². The van der Waals surface area contributed by atoms with E-state index in [4.69, 9.17) is 20.5 Å². The highest BCUT2D eigenvalue weighted by Gasteiger charge is 2.19. The van der Waals surface area contributed by atoms with Gasteiger partial charge >= 0.3 is 0 Å². The first-order valence-corrected chi connectivity index (χ1v) is 11.6. The molecule has 0 spiro atoms. The molecular weight excluding hydrogens is 474 g/mol. The van der Waals surface area contributed by atoms with Crippen molar-refractivity contribution in [2.75, 3.05) is 24.2 Å². The number of pyridine rings is 1. The van der Waals surface area contributed by atoms with Gasteiger partial charge in [0.1, 0.15) is 23.1 Å². The summed E-state index contributed by atoms with van der Waals surface area (Å²) in [5, 5.41) is 24.5. The predicted octanol–water partition coefficient (Wildman–Crippen LogP) is 2.59. The number of aromatic nitrogens is 6. The molecule has 5 aromatic rings. The topological polar surface area (TPSA) is 170 Å². The number of fused-ring (bicyclic) bond motifs is 1. The second kappa shape index (κ2) is 10.0. The summed E-state index contributed by atoms with van der Waals surface area (Å²) in [7, 11) is 0. The van der Waals surface area contributed by atoms with Gasteiger partial charge in [-0.1, -0.05) is 23.4 Å². The molecule has 0 aliphatic carbocycles. The Labute approximate surface area is 211 Å². The van der Waals surface area contributed by atoms with Crippen LogP contribution in [0.2, 0.25) is 0 Å². The number of hydrogen-bond donors (Lipinski definition) is 4. The van der Waals surface area contributed by atoms with Gasteiger partial charge in [0.2, 0.25) is 0 Å². The molecule has 1 amide bonds. The lowest BCUT2D eigenvalue weighted by molar-refractivity contribution is 0.0945. The SMILES string of the molecule is Cc1noc(C)c1Cn1nc(-c2nc(N)cc(Nc3ccncc3C(=O)NCCO)n2)c2ccccc21. The zero-order valence-electron chi connectivity index (χ0n) is 20.3. The number of benzene rings is 1. The molecule has 0 unspecified atom stereocenters. The number of carbonyl (C=O) groups is 1. The van der Waals surface area contributed by atoms with E-state index < -0.39 is 0 Å². The average Bonchev–Trinajstić information content (AvgIpc) is 3.42. The van der Waals surface area contributed by atoms with Crippen molar-refractivity contribution in [2.45, 2.75) is 20.4 Å². The summed E-state index contributed by atoms with van der Waals surface area (Å²) in [4.78, 5) is 25.6. The van der Waals surface area contributed by atoms with Crippen LogP contribution in [0.5, 0.6) is 0 Å². The number of nitrogens with one attached hydrogen (secondary N) is 2. The first-order valence-electron chi connectivity index (χ1n) is 11.6. The number of carbonyl (C=O) groups excluding carboxylic acids is 1. The number of nitrogens with zero attached hydrogens (tertiary/aromatic N) is 6. The van der Waals surface area contributed by atoms with Gasteiger partial charge in [0.15, 0.2) is 5.82 Å². The summed E-state index contributed by atoms with van der Waals surface area (Å²) in [6.45, 7) is 4.20. The smallest absolute Gasteiger partial charge is 0.255 e. The summed E-state index contributed by atoms with van der Waals surface area (Å²) in [5.74, 6) is 1.31. The molecule has 0 saturated carbocycles. The van der Waals surface area contributed by atoms with E-state index in [0.29, 0.717) is 35.1 Å². The zero-order valence-corrected chi connectivity index (χ0v) is 20.3. The van der Waals surface area contributed by atoms with Crippen LogP contribution in [0, 0.1) is 13.8 Å². The number of nitrogen functional groups attached to an aromatic ring is 1. The number of aryl methyl sites for hydroxylation is 2. The van der Waals surface area contributed by atoms with Crippen LogP contribution in [0.15, 0.2) is 53.3 Å². The molecule has 188 valence electrons. The standard InChI is InChI=1S/C25H25N9O3/c1-14-18(15(2)37-33-14)13-34-20-6-4-3-5-16(20)23(32-34)24-30-21(26)11-22(31-24)29-19-7-8-27-12-17(19)25(36)28-9-10-35/h3-8,11-12,35H,9-10,13H2,1-2H3,(H,28,36)(H3,26,27,29,30,31). The summed E-state index contributed by atoms with van der Waals surface area (Å²) in [6.07, 6.45) is 2.99. The molecule has 0 fully saturated rings. The molecule has 4 heterocycles. The van der Waals surface area contributed by atoms with Crippen LogP contribution < -0.4 is 16.4 Å². The number of aliphatic hydroxyl groups is 1. The number of nitrogens with two attached hydrogens (primary N) is 1. The summed E-state index contributed by atoms with van der Waals surface area (Å²) >= 11 is 0. The number of rotatable bonds is 8. The molecule has 0 radical (unpaired) electrons. The zero-order chi connectivity index (χ0) is 25.9. The summed E-state index contributed by atoms with van der Waals surface area (Å²) in [5.41, 5.74) is 10.1. The maximum absolute atomic E-state index is 12.5. The second-order valence-electron chi connectivity index (χ2n) is 8.35. The Morgan fingerprint density at radius 1 is 1.19 bits per heavy atom. The fraction of sp³-hybridized carbons (Fsp3) is 0.200. The lowest BCUT2D eigenvalue weighted by Gasteiger charge is -2.12. The van der Waals surface area contributed by atoms with Crippen molar-refractivity contribution in [2.24, 2.45) is 0 Å². The largest absolute Gasteiger partial charge is 0.395 e. The van der Waals surface area contributed by atoms with Crippen molar-refractivity contribution in [1.29, 1.82) is 0 Å². The van der Waals surface area contributed by atoms with Gasteiger partial charge in [-0.3, -0.25) is 14.5 Å². The molecule has 0 atom stereocenters. The molecular formula is C25H25N9O3. The van der Waals surface area contributed by atoms with Gasteiger partial charge in [0, 0.05) is 36.0 Å². The molecule has 0 aliphatic heterocycles. The summed E-state index contributed by atoms with van der Waals surface area (Å²) < 4.78 is 7.19. The maximum Gasteiger partial charge on any atom is 0.255 e. The van der Waals surface area contributed by atoms with E-state index in [2.05, 4.69) is 30.7 Å². The third kappa shape index (κ3) is 4.82. The van der Waals surface area contributed by atoms with E-state index in [1.54, 1.807) is 18.3 Å². The third-order valence-corrected chi connectivity index (χ3v) is 5.83. The molecule has 1 aromatic carbocycles. The van der Waals surface area contributed by atoms with Gasteiger partial charge < -0.3 is 26.0 Å². The Hall–Kier alpha value is -4.84. The van der Waals surface area contributed by atoms with Crippen molar-refractivity contribution < 1.29 is 14.4 Å². The van der Waals surface area contributed by atoms with Crippen LogP contribution in [-0.2, 0) is 6.54 Å². The first-order chi connectivity index (χ1) is 17.9. The minimum Gasteiger partial charge on any atom is -0.395 e. The Morgan fingerprint density at radius 2 is 2.03 bits per heavy atom. The van der Waals surface area contributed by atoms with Gasteiger partial charge in [-0.25, -0.2) is 9.97 Å². The maximum atomic E-state index is 12.5. The Morgan fingerprint density at radius 3 is 2.81 bits per heavy atom. The van der Waals surface area contributed by atoms with E-state index in [0.717, 1.165) is 27.9 Å². The molecule has 5 N–H and O–H groups in total.